The maximum absolute atomic E-state index is 3.64. The van der Waals surface area contributed by atoms with Gasteiger partial charge >= 0.3 is 0 Å². The molecule has 1 aliphatic heterocycles. The second-order valence-corrected chi connectivity index (χ2v) is 7.15. The predicted octanol–water partition coefficient (Wildman–Crippen LogP) is 4.62. The minimum atomic E-state index is 0.867. The van der Waals surface area contributed by atoms with Crippen LogP contribution in [-0.2, 0) is 0 Å². The highest BCUT2D eigenvalue weighted by molar-refractivity contribution is 4.84. The van der Waals surface area contributed by atoms with Gasteiger partial charge in [-0.05, 0) is 49.6 Å². The van der Waals surface area contributed by atoms with E-state index < -0.39 is 0 Å². The van der Waals surface area contributed by atoms with E-state index in [2.05, 4.69) is 19.2 Å². The van der Waals surface area contributed by atoms with E-state index in [4.69, 9.17) is 0 Å². The lowest BCUT2D eigenvalue weighted by Gasteiger charge is -2.39. The molecule has 0 spiro atoms. The van der Waals surface area contributed by atoms with Crippen molar-refractivity contribution in [3.8, 4) is 0 Å². The summed E-state index contributed by atoms with van der Waals surface area (Å²) in [7, 11) is 0. The molecule has 1 saturated carbocycles. The van der Waals surface area contributed by atoms with Gasteiger partial charge in [0, 0.05) is 0 Å². The molecule has 2 fully saturated rings. The highest BCUT2D eigenvalue weighted by Crippen LogP contribution is 2.38. The third-order valence-corrected chi connectivity index (χ3v) is 5.20. The molecule has 0 aromatic carbocycles. The summed E-state index contributed by atoms with van der Waals surface area (Å²) in [5, 5.41) is 3.64. The largest absolute Gasteiger partial charge is 0.316 e. The van der Waals surface area contributed by atoms with E-state index >= 15 is 0 Å². The summed E-state index contributed by atoms with van der Waals surface area (Å²) in [6, 6.07) is 0. The van der Waals surface area contributed by atoms with Crippen molar-refractivity contribution in [1.82, 2.24) is 5.32 Å². The third kappa shape index (κ3) is 4.26. The summed E-state index contributed by atoms with van der Waals surface area (Å²) >= 11 is 0. The van der Waals surface area contributed by atoms with Gasteiger partial charge in [0.2, 0.25) is 0 Å². The molecule has 0 aromatic rings. The van der Waals surface area contributed by atoms with Crippen LogP contribution in [0.2, 0.25) is 0 Å². The standard InChI is InChI=1S/C17H33N/c1-14(2)12-16-13-18-11-10-17(16)15-8-6-4-3-5-7-9-15/h14-18H,3-13H2,1-2H3. The van der Waals surface area contributed by atoms with Crippen molar-refractivity contribution in [2.45, 2.75) is 71.6 Å². The van der Waals surface area contributed by atoms with Crippen molar-refractivity contribution in [3.05, 3.63) is 0 Å². The highest BCUT2D eigenvalue weighted by atomic mass is 14.9. The molecule has 2 unspecified atom stereocenters. The fraction of sp³-hybridized carbons (Fsp3) is 1.00. The van der Waals surface area contributed by atoms with E-state index in [9.17, 15) is 0 Å². The number of nitrogens with one attached hydrogen (secondary N) is 1. The smallest absolute Gasteiger partial charge is 0.00177 e. The third-order valence-electron chi connectivity index (χ3n) is 5.20. The molecule has 0 radical (unpaired) electrons. The molecule has 0 bridgehead atoms. The second kappa shape index (κ2) is 7.53. The van der Waals surface area contributed by atoms with E-state index in [1.54, 1.807) is 0 Å². The molecule has 2 rings (SSSR count). The molecule has 0 amide bonds. The summed E-state index contributed by atoms with van der Waals surface area (Å²) < 4.78 is 0. The quantitative estimate of drug-likeness (QED) is 0.772. The van der Waals surface area contributed by atoms with E-state index in [1.165, 1.54) is 70.9 Å². The molecule has 1 N–H and O–H groups in total. The SMILES string of the molecule is CC(C)CC1CNCCC1C1CCCCCCC1. The van der Waals surface area contributed by atoms with Crippen LogP contribution >= 0.6 is 0 Å². The van der Waals surface area contributed by atoms with Crippen molar-refractivity contribution in [3.63, 3.8) is 0 Å². The van der Waals surface area contributed by atoms with Crippen molar-refractivity contribution >= 4 is 0 Å². The zero-order valence-electron chi connectivity index (χ0n) is 12.6. The summed E-state index contributed by atoms with van der Waals surface area (Å²) in [6.07, 6.45) is 13.4. The van der Waals surface area contributed by atoms with Crippen LogP contribution in [0.3, 0.4) is 0 Å². The van der Waals surface area contributed by atoms with Gasteiger partial charge in [0.25, 0.3) is 0 Å². The van der Waals surface area contributed by atoms with Gasteiger partial charge in [0.1, 0.15) is 0 Å². The number of piperidine rings is 1. The van der Waals surface area contributed by atoms with Gasteiger partial charge in [-0.3, -0.25) is 0 Å². The van der Waals surface area contributed by atoms with Gasteiger partial charge in [0.05, 0.1) is 0 Å². The van der Waals surface area contributed by atoms with Crippen LogP contribution in [0.4, 0.5) is 0 Å². The molecule has 106 valence electrons. The molecule has 2 aliphatic rings. The molecule has 0 aromatic heterocycles. The molecular weight excluding hydrogens is 218 g/mol. The normalized spacial score (nSPS) is 32.2. The first kappa shape index (κ1) is 14.4. The predicted molar refractivity (Wildman–Crippen MR) is 79.7 cm³/mol. The maximum atomic E-state index is 3.64. The Bertz CT molecular complexity index is 216. The molecule has 1 aliphatic carbocycles. The molecule has 1 heterocycles. The Morgan fingerprint density at radius 1 is 0.944 bits per heavy atom. The number of hydrogen-bond acceptors (Lipinski definition) is 1. The van der Waals surface area contributed by atoms with E-state index in [0.29, 0.717) is 0 Å². The topological polar surface area (TPSA) is 12.0 Å². The number of rotatable bonds is 3. The molecule has 1 saturated heterocycles. The van der Waals surface area contributed by atoms with Gasteiger partial charge in [-0.15, -0.1) is 0 Å². The molecule has 2 atom stereocenters. The van der Waals surface area contributed by atoms with Crippen LogP contribution in [0.1, 0.15) is 71.6 Å². The van der Waals surface area contributed by atoms with E-state index in [-0.39, 0.29) is 0 Å². The van der Waals surface area contributed by atoms with Crippen LogP contribution in [0.15, 0.2) is 0 Å². The Morgan fingerprint density at radius 3 is 2.28 bits per heavy atom. The lowest BCUT2D eigenvalue weighted by Crippen LogP contribution is -2.40. The van der Waals surface area contributed by atoms with Crippen molar-refractivity contribution in [1.29, 1.82) is 0 Å². The Hall–Kier alpha value is -0.0400. The van der Waals surface area contributed by atoms with Crippen LogP contribution in [0.25, 0.3) is 0 Å². The maximum Gasteiger partial charge on any atom is -0.00177 e. The lowest BCUT2D eigenvalue weighted by atomic mass is 9.70. The monoisotopic (exact) mass is 251 g/mol. The first-order valence-electron chi connectivity index (χ1n) is 8.48. The van der Waals surface area contributed by atoms with Gasteiger partial charge in [0.15, 0.2) is 0 Å². The van der Waals surface area contributed by atoms with Gasteiger partial charge in [-0.2, -0.15) is 0 Å². The fourth-order valence-electron chi connectivity index (χ4n) is 4.34. The average Bonchev–Trinajstić information content (AvgIpc) is 2.29. The minimum Gasteiger partial charge on any atom is -0.316 e. The van der Waals surface area contributed by atoms with Gasteiger partial charge < -0.3 is 5.32 Å². The first-order chi connectivity index (χ1) is 8.77. The van der Waals surface area contributed by atoms with E-state index in [1.807, 2.05) is 0 Å². The van der Waals surface area contributed by atoms with Gasteiger partial charge in [-0.25, -0.2) is 0 Å². The average molecular weight is 251 g/mol. The molecule has 1 nitrogen and oxygen atoms in total. The van der Waals surface area contributed by atoms with E-state index in [0.717, 1.165) is 23.7 Å². The van der Waals surface area contributed by atoms with Crippen LogP contribution in [0, 0.1) is 23.7 Å². The van der Waals surface area contributed by atoms with Crippen molar-refractivity contribution in [2.75, 3.05) is 13.1 Å². The van der Waals surface area contributed by atoms with Crippen molar-refractivity contribution < 1.29 is 0 Å². The fourth-order valence-corrected chi connectivity index (χ4v) is 4.34. The summed E-state index contributed by atoms with van der Waals surface area (Å²) in [6.45, 7) is 7.35. The zero-order valence-corrected chi connectivity index (χ0v) is 12.6. The Labute approximate surface area is 114 Å². The number of hydrogen-bond donors (Lipinski definition) is 1. The summed E-state index contributed by atoms with van der Waals surface area (Å²) in [5.74, 6) is 3.91. The summed E-state index contributed by atoms with van der Waals surface area (Å²) in [4.78, 5) is 0. The molecule has 18 heavy (non-hydrogen) atoms. The summed E-state index contributed by atoms with van der Waals surface area (Å²) in [5.41, 5.74) is 0. The Balaban J connectivity index is 1.92. The Morgan fingerprint density at radius 2 is 1.61 bits per heavy atom. The van der Waals surface area contributed by atoms with Crippen molar-refractivity contribution in [2.24, 2.45) is 23.7 Å². The van der Waals surface area contributed by atoms with Crippen LogP contribution < -0.4 is 5.32 Å². The molecular formula is C17H33N. The lowest BCUT2D eigenvalue weighted by molar-refractivity contribution is 0.131. The minimum absolute atomic E-state index is 0.867. The van der Waals surface area contributed by atoms with Crippen LogP contribution in [0.5, 0.6) is 0 Å². The molecule has 1 heteroatoms. The zero-order chi connectivity index (χ0) is 12.8. The first-order valence-corrected chi connectivity index (χ1v) is 8.48. The second-order valence-electron chi connectivity index (χ2n) is 7.15. The van der Waals surface area contributed by atoms with Gasteiger partial charge in [-0.1, -0.05) is 58.8 Å². The highest BCUT2D eigenvalue weighted by Gasteiger charge is 2.31. The van der Waals surface area contributed by atoms with Crippen LogP contribution in [-0.4, -0.2) is 13.1 Å². The Kier molecular flexibility index (Phi) is 6.01.